The summed E-state index contributed by atoms with van der Waals surface area (Å²) in [4.78, 5) is 37.9. The van der Waals surface area contributed by atoms with E-state index in [0.717, 1.165) is 0 Å². The van der Waals surface area contributed by atoms with Gasteiger partial charge in [-0.25, -0.2) is 0 Å². The van der Waals surface area contributed by atoms with E-state index < -0.39 is 0 Å². The summed E-state index contributed by atoms with van der Waals surface area (Å²) in [6, 6.07) is 6.74. The van der Waals surface area contributed by atoms with Gasteiger partial charge in [0.05, 0.1) is 19.6 Å². The lowest BCUT2D eigenvalue weighted by Gasteiger charge is -2.16. The highest BCUT2D eigenvalue weighted by molar-refractivity contribution is 6.30. The monoisotopic (exact) mass is 340 g/mol. The van der Waals surface area contributed by atoms with Gasteiger partial charge in [0.1, 0.15) is 0 Å². The molecular formula is C15H21ClN4O3. The second-order valence-corrected chi connectivity index (χ2v) is 5.73. The summed E-state index contributed by atoms with van der Waals surface area (Å²) in [6.07, 6.45) is 0. The lowest BCUT2D eigenvalue weighted by atomic mass is 10.3. The number of halogens is 1. The van der Waals surface area contributed by atoms with Crippen molar-refractivity contribution in [3.63, 3.8) is 0 Å². The summed E-state index contributed by atoms with van der Waals surface area (Å²) in [5.74, 6) is -0.754. The lowest BCUT2D eigenvalue weighted by Crippen LogP contribution is -2.42. The molecular weight excluding hydrogens is 320 g/mol. The molecule has 2 N–H and O–H groups in total. The maximum atomic E-state index is 11.9. The second-order valence-electron chi connectivity index (χ2n) is 5.29. The van der Waals surface area contributed by atoms with E-state index in [9.17, 15) is 14.4 Å². The van der Waals surface area contributed by atoms with Crippen LogP contribution in [0.2, 0.25) is 5.02 Å². The van der Waals surface area contributed by atoms with Crippen LogP contribution in [-0.2, 0) is 14.4 Å². The molecule has 0 atom stereocenters. The van der Waals surface area contributed by atoms with Crippen LogP contribution in [0.15, 0.2) is 24.3 Å². The minimum Gasteiger partial charge on any atom is -0.347 e. The fraction of sp³-hybridized carbons (Fsp3) is 0.400. The smallest absolute Gasteiger partial charge is 0.241 e. The zero-order valence-corrected chi connectivity index (χ0v) is 14.2. The molecule has 0 saturated heterocycles. The Bertz CT molecular complexity index is 560. The number of hydrogen-bond acceptors (Lipinski definition) is 4. The van der Waals surface area contributed by atoms with E-state index >= 15 is 0 Å². The predicted octanol–water partition coefficient (Wildman–Crippen LogP) is 0.415. The highest BCUT2D eigenvalue weighted by Crippen LogP contribution is 2.13. The Labute approximate surface area is 140 Å². The van der Waals surface area contributed by atoms with E-state index in [1.807, 2.05) is 0 Å². The molecule has 0 spiro atoms. The van der Waals surface area contributed by atoms with Gasteiger partial charge < -0.3 is 15.5 Å². The molecule has 0 aromatic heterocycles. The molecule has 1 aromatic carbocycles. The first kappa shape index (κ1) is 18.9. The number of carbonyl (C=O) groups is 3. The van der Waals surface area contributed by atoms with Crippen LogP contribution in [0, 0.1) is 0 Å². The van der Waals surface area contributed by atoms with Crippen molar-refractivity contribution in [2.45, 2.75) is 0 Å². The first-order chi connectivity index (χ1) is 10.8. The molecule has 1 rings (SSSR count). The maximum absolute atomic E-state index is 11.9. The highest BCUT2D eigenvalue weighted by atomic mass is 35.5. The van der Waals surface area contributed by atoms with E-state index in [1.165, 1.54) is 4.90 Å². The van der Waals surface area contributed by atoms with Crippen LogP contribution < -0.4 is 10.6 Å². The van der Waals surface area contributed by atoms with Crippen molar-refractivity contribution < 1.29 is 14.4 Å². The van der Waals surface area contributed by atoms with Crippen LogP contribution in [0.1, 0.15) is 0 Å². The Balaban J connectivity index is 2.33. The van der Waals surface area contributed by atoms with Crippen molar-refractivity contribution in [2.75, 3.05) is 46.1 Å². The predicted molar refractivity (Wildman–Crippen MR) is 89.3 cm³/mol. The largest absolute Gasteiger partial charge is 0.347 e. The summed E-state index contributed by atoms with van der Waals surface area (Å²) in [6.45, 7) is 0.0169. The Kier molecular flexibility index (Phi) is 7.50. The number of carbonyl (C=O) groups excluding carboxylic acids is 3. The van der Waals surface area contributed by atoms with E-state index in [-0.39, 0.29) is 37.4 Å². The maximum Gasteiger partial charge on any atom is 0.241 e. The Morgan fingerprint density at radius 1 is 1.00 bits per heavy atom. The molecule has 23 heavy (non-hydrogen) atoms. The molecule has 0 fully saturated rings. The third-order valence-electron chi connectivity index (χ3n) is 2.89. The number of rotatable bonds is 7. The first-order valence-electron chi connectivity index (χ1n) is 6.98. The van der Waals surface area contributed by atoms with Gasteiger partial charge >= 0.3 is 0 Å². The Morgan fingerprint density at radius 2 is 1.57 bits per heavy atom. The number of hydrogen-bond donors (Lipinski definition) is 2. The molecule has 0 saturated carbocycles. The first-order valence-corrected chi connectivity index (χ1v) is 7.36. The number of likely N-dealkylation sites (N-methyl/N-ethyl adjacent to an activating group) is 2. The van der Waals surface area contributed by atoms with Gasteiger partial charge in [0, 0.05) is 24.8 Å². The average Bonchev–Trinajstić information content (AvgIpc) is 2.46. The summed E-state index contributed by atoms with van der Waals surface area (Å²) in [7, 11) is 4.87. The molecule has 0 bridgehead atoms. The van der Waals surface area contributed by atoms with Gasteiger partial charge in [-0.05, 0) is 31.3 Å². The minimum atomic E-state index is -0.318. The molecule has 0 aliphatic heterocycles. The summed E-state index contributed by atoms with van der Waals surface area (Å²) >= 11 is 5.77. The van der Waals surface area contributed by atoms with Gasteiger partial charge in [-0.15, -0.1) is 0 Å². The van der Waals surface area contributed by atoms with E-state index in [0.29, 0.717) is 10.7 Å². The number of nitrogens with zero attached hydrogens (tertiary/aromatic N) is 2. The molecule has 3 amide bonds. The molecule has 7 nitrogen and oxygen atoms in total. The Hall–Kier alpha value is -2.12. The normalized spacial score (nSPS) is 10.3. The van der Waals surface area contributed by atoms with Crippen molar-refractivity contribution >= 4 is 35.0 Å². The van der Waals surface area contributed by atoms with Crippen molar-refractivity contribution in [1.82, 2.24) is 15.1 Å². The van der Waals surface area contributed by atoms with Gasteiger partial charge in [0.15, 0.2) is 0 Å². The van der Waals surface area contributed by atoms with Crippen LogP contribution in [0.25, 0.3) is 0 Å². The van der Waals surface area contributed by atoms with Crippen molar-refractivity contribution in [1.29, 1.82) is 0 Å². The van der Waals surface area contributed by atoms with E-state index in [1.54, 1.807) is 50.3 Å². The van der Waals surface area contributed by atoms with Gasteiger partial charge in [-0.2, -0.15) is 0 Å². The second kappa shape index (κ2) is 9.12. The van der Waals surface area contributed by atoms with Crippen LogP contribution in [0.4, 0.5) is 5.69 Å². The molecule has 0 heterocycles. The number of anilines is 1. The zero-order valence-electron chi connectivity index (χ0n) is 13.4. The average molecular weight is 341 g/mol. The highest BCUT2D eigenvalue weighted by Gasteiger charge is 2.12. The van der Waals surface area contributed by atoms with Gasteiger partial charge in [-0.1, -0.05) is 11.6 Å². The van der Waals surface area contributed by atoms with E-state index in [4.69, 9.17) is 11.6 Å². The van der Waals surface area contributed by atoms with E-state index in [2.05, 4.69) is 10.6 Å². The van der Waals surface area contributed by atoms with Crippen LogP contribution in [0.3, 0.4) is 0 Å². The quantitative estimate of drug-likeness (QED) is 0.753. The zero-order chi connectivity index (χ0) is 17.4. The SMILES string of the molecule is CN(CC(=O)NCC(=O)N(C)C)CC(=O)Nc1ccc(Cl)cc1. The van der Waals surface area contributed by atoms with Crippen molar-refractivity contribution in [3.8, 4) is 0 Å². The molecule has 0 aliphatic carbocycles. The molecule has 0 unspecified atom stereocenters. The third-order valence-corrected chi connectivity index (χ3v) is 3.14. The minimum absolute atomic E-state index is 0.0226. The number of nitrogens with one attached hydrogen (secondary N) is 2. The van der Waals surface area contributed by atoms with Crippen molar-refractivity contribution in [3.05, 3.63) is 29.3 Å². The molecule has 0 aliphatic rings. The van der Waals surface area contributed by atoms with Gasteiger partial charge in [-0.3, -0.25) is 19.3 Å². The van der Waals surface area contributed by atoms with Gasteiger partial charge in [0.2, 0.25) is 17.7 Å². The molecule has 1 aromatic rings. The molecule has 0 radical (unpaired) electrons. The fourth-order valence-electron chi connectivity index (χ4n) is 1.67. The fourth-order valence-corrected chi connectivity index (χ4v) is 1.79. The summed E-state index contributed by atoms with van der Waals surface area (Å²) in [5.41, 5.74) is 0.633. The topological polar surface area (TPSA) is 81.8 Å². The van der Waals surface area contributed by atoms with Gasteiger partial charge in [0.25, 0.3) is 0 Å². The molecule has 8 heteroatoms. The summed E-state index contributed by atoms with van der Waals surface area (Å²) < 4.78 is 0. The van der Waals surface area contributed by atoms with Crippen LogP contribution in [0.5, 0.6) is 0 Å². The number of amides is 3. The van der Waals surface area contributed by atoms with Crippen LogP contribution in [-0.4, -0.2) is 68.3 Å². The number of benzene rings is 1. The lowest BCUT2D eigenvalue weighted by molar-refractivity contribution is -0.131. The van der Waals surface area contributed by atoms with Crippen molar-refractivity contribution in [2.24, 2.45) is 0 Å². The summed E-state index contributed by atoms with van der Waals surface area (Å²) in [5, 5.41) is 5.80. The van der Waals surface area contributed by atoms with Crippen LogP contribution >= 0.6 is 11.6 Å². The standard InChI is InChI=1S/C15H21ClN4O3/c1-19(2)15(23)8-17-13(21)9-20(3)10-14(22)18-12-6-4-11(16)5-7-12/h4-7H,8-10H2,1-3H3,(H,17,21)(H,18,22). The third kappa shape index (κ3) is 7.62. The Morgan fingerprint density at radius 3 is 2.13 bits per heavy atom. The molecule has 126 valence electrons.